The third-order valence-corrected chi connectivity index (χ3v) is 3.33. The number of nitrogens with zero attached hydrogens (tertiary/aromatic N) is 1. The normalized spacial score (nSPS) is 44.6. The molecule has 0 aromatic rings. The van der Waals surface area contributed by atoms with Crippen LogP contribution in [0.25, 0.3) is 0 Å². The van der Waals surface area contributed by atoms with E-state index in [1.165, 1.54) is 6.42 Å². The topological polar surface area (TPSA) is 20.3 Å². The van der Waals surface area contributed by atoms with Gasteiger partial charge >= 0.3 is 0 Å². The Morgan fingerprint density at radius 2 is 2.00 bits per heavy atom. The molecule has 1 heterocycles. The number of fused-ring (bicyclic) bond motifs is 1. The van der Waals surface area contributed by atoms with Gasteiger partial charge in [0.15, 0.2) is 0 Å². The smallest absolute Gasteiger partial charge is 0.0910 e. The van der Waals surface area contributed by atoms with Gasteiger partial charge in [0.1, 0.15) is 0 Å². The minimum Gasteiger partial charge on any atom is -0.243 e. The summed E-state index contributed by atoms with van der Waals surface area (Å²) >= 11 is 0. The molecule has 0 radical (unpaired) electrons. The summed E-state index contributed by atoms with van der Waals surface area (Å²) in [7, 11) is -0.698. The first-order chi connectivity index (χ1) is 4.27. The van der Waals surface area contributed by atoms with E-state index >= 15 is 0 Å². The highest BCUT2D eigenvalue weighted by Crippen LogP contribution is 2.45. The molecule has 3 unspecified atom stereocenters. The first-order valence-electron chi connectivity index (χ1n) is 3.36. The number of rotatable bonds is 1. The molecule has 2 fully saturated rings. The number of piperidine rings is 1. The van der Waals surface area contributed by atoms with E-state index in [0.717, 1.165) is 24.9 Å². The Labute approximate surface area is 57.8 Å². The van der Waals surface area contributed by atoms with E-state index in [9.17, 15) is 4.21 Å². The first-order valence-corrected chi connectivity index (χ1v) is 4.87. The van der Waals surface area contributed by atoms with Crippen molar-refractivity contribution in [1.29, 1.82) is 0 Å². The van der Waals surface area contributed by atoms with E-state index in [2.05, 4.69) is 4.31 Å². The standard InChI is InChI=1S/C6H11NOS/c1-9(8)7-3-5-2-6(5)4-7/h5-6H,2-4H2,1H3. The summed E-state index contributed by atoms with van der Waals surface area (Å²) < 4.78 is 12.9. The van der Waals surface area contributed by atoms with Gasteiger partial charge in [-0.05, 0) is 18.3 Å². The van der Waals surface area contributed by atoms with Crippen molar-refractivity contribution in [2.75, 3.05) is 19.3 Å². The summed E-state index contributed by atoms with van der Waals surface area (Å²) in [6.45, 7) is 2.18. The van der Waals surface area contributed by atoms with E-state index in [-0.39, 0.29) is 0 Å². The van der Waals surface area contributed by atoms with Crippen molar-refractivity contribution in [2.24, 2.45) is 11.8 Å². The van der Waals surface area contributed by atoms with E-state index in [4.69, 9.17) is 0 Å². The Kier molecular flexibility index (Phi) is 1.17. The Balaban J connectivity index is 1.97. The summed E-state index contributed by atoms with van der Waals surface area (Å²) in [6.07, 6.45) is 3.17. The Bertz CT molecular complexity index is 149. The fraction of sp³-hybridized carbons (Fsp3) is 1.00. The zero-order chi connectivity index (χ0) is 6.43. The van der Waals surface area contributed by atoms with Crippen LogP contribution in [0.3, 0.4) is 0 Å². The monoisotopic (exact) mass is 145 g/mol. The van der Waals surface area contributed by atoms with Crippen LogP contribution < -0.4 is 0 Å². The maximum atomic E-state index is 10.8. The second-order valence-electron chi connectivity index (χ2n) is 3.03. The predicted octanol–water partition coefficient (Wildman–Crippen LogP) is 0.232. The van der Waals surface area contributed by atoms with Crippen molar-refractivity contribution in [3.8, 4) is 0 Å². The summed E-state index contributed by atoms with van der Waals surface area (Å²) in [5.74, 6) is 1.82. The third kappa shape index (κ3) is 0.923. The second kappa shape index (κ2) is 1.80. The van der Waals surface area contributed by atoms with Crippen LogP contribution in [0.5, 0.6) is 0 Å². The summed E-state index contributed by atoms with van der Waals surface area (Å²) in [5, 5.41) is 0. The maximum Gasteiger partial charge on any atom is 0.0910 e. The molecule has 0 aromatic carbocycles. The van der Waals surface area contributed by atoms with Crippen molar-refractivity contribution in [1.82, 2.24) is 4.31 Å². The zero-order valence-corrected chi connectivity index (χ0v) is 6.36. The van der Waals surface area contributed by atoms with E-state index in [1.807, 2.05) is 0 Å². The van der Waals surface area contributed by atoms with E-state index < -0.39 is 11.0 Å². The van der Waals surface area contributed by atoms with E-state index in [0.29, 0.717) is 0 Å². The molecule has 52 valence electrons. The van der Waals surface area contributed by atoms with Gasteiger partial charge in [0, 0.05) is 19.3 Å². The van der Waals surface area contributed by atoms with Gasteiger partial charge in [-0.1, -0.05) is 0 Å². The highest BCUT2D eigenvalue weighted by Gasteiger charge is 2.45. The molecule has 0 amide bonds. The molecule has 1 aliphatic heterocycles. The van der Waals surface area contributed by atoms with Crippen LogP contribution in [0.4, 0.5) is 0 Å². The summed E-state index contributed by atoms with van der Waals surface area (Å²) in [6, 6.07) is 0. The van der Waals surface area contributed by atoms with Crippen molar-refractivity contribution in [3.05, 3.63) is 0 Å². The Morgan fingerprint density at radius 1 is 1.44 bits per heavy atom. The molecule has 3 heteroatoms. The lowest BCUT2D eigenvalue weighted by molar-refractivity contribution is 0.488. The van der Waals surface area contributed by atoms with Gasteiger partial charge in [-0.15, -0.1) is 0 Å². The molecule has 0 aromatic heterocycles. The fourth-order valence-corrected chi connectivity index (χ4v) is 2.37. The van der Waals surface area contributed by atoms with Gasteiger partial charge in [0.05, 0.1) is 11.0 Å². The SMILES string of the molecule is CS(=O)N1CC2CC2C1. The van der Waals surface area contributed by atoms with Crippen molar-refractivity contribution in [3.63, 3.8) is 0 Å². The van der Waals surface area contributed by atoms with E-state index in [1.54, 1.807) is 6.26 Å². The molecule has 2 nitrogen and oxygen atoms in total. The highest BCUT2D eigenvalue weighted by molar-refractivity contribution is 7.81. The number of hydrogen-bond acceptors (Lipinski definition) is 1. The molecule has 0 N–H and O–H groups in total. The van der Waals surface area contributed by atoms with Crippen LogP contribution in [0.15, 0.2) is 0 Å². The van der Waals surface area contributed by atoms with Crippen molar-refractivity contribution < 1.29 is 4.21 Å². The first kappa shape index (κ1) is 5.86. The Hall–Kier alpha value is 0.110. The predicted molar refractivity (Wildman–Crippen MR) is 37.2 cm³/mol. The average Bonchev–Trinajstić information content (AvgIpc) is 2.40. The molecular weight excluding hydrogens is 134 g/mol. The molecule has 2 rings (SSSR count). The number of hydrogen-bond donors (Lipinski definition) is 0. The van der Waals surface area contributed by atoms with Crippen molar-refractivity contribution >= 4 is 11.0 Å². The minimum atomic E-state index is -0.698. The van der Waals surface area contributed by atoms with Gasteiger partial charge < -0.3 is 0 Å². The molecule has 1 saturated heterocycles. The van der Waals surface area contributed by atoms with Gasteiger partial charge in [0.25, 0.3) is 0 Å². The van der Waals surface area contributed by atoms with Crippen LogP contribution in [0, 0.1) is 11.8 Å². The molecule has 1 aliphatic carbocycles. The fourth-order valence-electron chi connectivity index (χ4n) is 1.57. The van der Waals surface area contributed by atoms with Crippen LogP contribution >= 0.6 is 0 Å². The van der Waals surface area contributed by atoms with Crippen LogP contribution in [0.2, 0.25) is 0 Å². The van der Waals surface area contributed by atoms with Crippen LogP contribution in [-0.2, 0) is 11.0 Å². The quantitative estimate of drug-likeness (QED) is 0.517. The maximum absolute atomic E-state index is 10.8. The molecule has 9 heavy (non-hydrogen) atoms. The molecular formula is C6H11NOS. The Morgan fingerprint density at radius 3 is 2.33 bits per heavy atom. The molecule has 0 bridgehead atoms. The molecule has 3 atom stereocenters. The van der Waals surface area contributed by atoms with Gasteiger partial charge in [-0.25, -0.2) is 8.51 Å². The summed E-state index contributed by atoms with van der Waals surface area (Å²) in [4.78, 5) is 0. The third-order valence-electron chi connectivity index (χ3n) is 2.31. The minimum absolute atomic E-state index is 0.698. The zero-order valence-electron chi connectivity index (χ0n) is 5.54. The van der Waals surface area contributed by atoms with Crippen molar-refractivity contribution in [2.45, 2.75) is 6.42 Å². The van der Waals surface area contributed by atoms with Crippen LogP contribution in [0.1, 0.15) is 6.42 Å². The van der Waals surface area contributed by atoms with Crippen LogP contribution in [-0.4, -0.2) is 27.9 Å². The van der Waals surface area contributed by atoms with Gasteiger partial charge in [-0.2, -0.15) is 0 Å². The van der Waals surface area contributed by atoms with Gasteiger partial charge in [-0.3, -0.25) is 0 Å². The molecule has 1 saturated carbocycles. The highest BCUT2D eigenvalue weighted by atomic mass is 32.2. The molecule has 2 aliphatic rings. The lowest BCUT2D eigenvalue weighted by Crippen LogP contribution is -2.23. The van der Waals surface area contributed by atoms with Gasteiger partial charge in [0.2, 0.25) is 0 Å². The largest absolute Gasteiger partial charge is 0.243 e. The average molecular weight is 145 g/mol. The molecule has 0 spiro atoms. The lowest BCUT2D eigenvalue weighted by atomic mass is 10.4. The second-order valence-corrected chi connectivity index (χ2v) is 4.39. The summed E-state index contributed by atoms with van der Waals surface area (Å²) in [5.41, 5.74) is 0. The lowest BCUT2D eigenvalue weighted by Gasteiger charge is -2.11.